The standard InChI is InChI=1S/C29H37N5O4/c1-20-29(17-21-11-7-5-8-12-21)24(32-33(4)27(29)37)15-16-34(20)25(35)23(31-26(36)28(2,3)30)19-38-18-22-13-9-6-10-14-22/h5-14,20,23H,15-19,30H2,1-4H3,(H,31,36)/t20?,23-,29?/m1/s1. The molecule has 2 heterocycles. The number of hydrogen-bond acceptors (Lipinski definition) is 6. The van der Waals surface area contributed by atoms with Crippen LogP contribution in [-0.2, 0) is 32.1 Å². The van der Waals surface area contributed by atoms with E-state index < -0.39 is 28.9 Å². The van der Waals surface area contributed by atoms with Gasteiger partial charge in [0, 0.05) is 26.1 Å². The first-order chi connectivity index (χ1) is 18.0. The quantitative estimate of drug-likeness (QED) is 0.526. The maximum atomic E-state index is 14.0. The highest BCUT2D eigenvalue weighted by Crippen LogP contribution is 2.42. The van der Waals surface area contributed by atoms with Crippen molar-refractivity contribution >= 4 is 23.4 Å². The van der Waals surface area contributed by atoms with E-state index >= 15 is 0 Å². The summed E-state index contributed by atoms with van der Waals surface area (Å²) in [6, 6.07) is 17.9. The van der Waals surface area contributed by atoms with Crippen molar-refractivity contribution in [3.63, 3.8) is 0 Å². The highest BCUT2D eigenvalue weighted by molar-refractivity contribution is 6.14. The van der Waals surface area contributed by atoms with Crippen molar-refractivity contribution in [3.05, 3.63) is 71.8 Å². The number of carbonyl (C=O) groups is 3. The predicted molar refractivity (Wildman–Crippen MR) is 145 cm³/mol. The fourth-order valence-corrected chi connectivity index (χ4v) is 5.24. The molecule has 2 unspecified atom stereocenters. The molecule has 3 atom stereocenters. The van der Waals surface area contributed by atoms with Crippen LogP contribution in [0.5, 0.6) is 0 Å². The summed E-state index contributed by atoms with van der Waals surface area (Å²) in [6.07, 6.45) is 0.894. The smallest absolute Gasteiger partial charge is 0.256 e. The number of benzene rings is 2. The largest absolute Gasteiger partial charge is 0.374 e. The molecule has 2 aromatic rings. The van der Waals surface area contributed by atoms with E-state index in [0.717, 1.165) is 16.8 Å². The van der Waals surface area contributed by atoms with Crippen LogP contribution in [-0.4, -0.2) is 71.2 Å². The van der Waals surface area contributed by atoms with Crippen LogP contribution >= 0.6 is 0 Å². The molecule has 0 aromatic heterocycles. The Balaban J connectivity index is 1.59. The minimum Gasteiger partial charge on any atom is -0.374 e. The van der Waals surface area contributed by atoms with Gasteiger partial charge in [-0.15, -0.1) is 0 Å². The summed E-state index contributed by atoms with van der Waals surface area (Å²) >= 11 is 0. The topological polar surface area (TPSA) is 117 Å². The van der Waals surface area contributed by atoms with Crippen LogP contribution in [0.15, 0.2) is 65.8 Å². The van der Waals surface area contributed by atoms with Crippen molar-refractivity contribution in [1.29, 1.82) is 0 Å². The first-order valence-electron chi connectivity index (χ1n) is 13.0. The second-order valence-corrected chi connectivity index (χ2v) is 10.7. The fourth-order valence-electron chi connectivity index (χ4n) is 5.24. The summed E-state index contributed by atoms with van der Waals surface area (Å²) in [6.45, 7) is 5.71. The van der Waals surface area contributed by atoms with Gasteiger partial charge in [0.2, 0.25) is 11.8 Å². The Bertz CT molecular complexity index is 1190. The number of likely N-dealkylation sites (tertiary alicyclic amines) is 1. The summed E-state index contributed by atoms with van der Waals surface area (Å²) < 4.78 is 5.89. The van der Waals surface area contributed by atoms with Crippen molar-refractivity contribution in [2.24, 2.45) is 16.3 Å². The summed E-state index contributed by atoms with van der Waals surface area (Å²) in [5.41, 5.74) is 6.60. The number of nitrogens with one attached hydrogen (secondary N) is 1. The van der Waals surface area contributed by atoms with Crippen LogP contribution in [0, 0.1) is 5.41 Å². The van der Waals surface area contributed by atoms with Crippen molar-refractivity contribution < 1.29 is 19.1 Å². The molecule has 0 radical (unpaired) electrons. The molecule has 1 fully saturated rings. The molecule has 0 saturated carbocycles. The van der Waals surface area contributed by atoms with Gasteiger partial charge in [-0.25, -0.2) is 5.01 Å². The zero-order chi connectivity index (χ0) is 27.5. The number of amides is 3. The highest BCUT2D eigenvalue weighted by atomic mass is 16.5. The van der Waals surface area contributed by atoms with E-state index in [1.807, 2.05) is 67.6 Å². The van der Waals surface area contributed by atoms with Crippen LogP contribution in [0.25, 0.3) is 0 Å². The summed E-state index contributed by atoms with van der Waals surface area (Å²) in [5, 5.41) is 8.75. The highest BCUT2D eigenvalue weighted by Gasteiger charge is 2.58. The monoisotopic (exact) mass is 519 g/mol. The van der Waals surface area contributed by atoms with Gasteiger partial charge >= 0.3 is 0 Å². The number of nitrogens with zero attached hydrogens (tertiary/aromatic N) is 3. The van der Waals surface area contributed by atoms with Gasteiger partial charge in [0.1, 0.15) is 11.5 Å². The molecule has 38 heavy (non-hydrogen) atoms. The third-order valence-electron chi connectivity index (χ3n) is 7.42. The van der Waals surface area contributed by atoms with Crippen molar-refractivity contribution in [3.8, 4) is 0 Å². The van der Waals surface area contributed by atoms with Crippen LogP contribution in [0.2, 0.25) is 0 Å². The Morgan fingerprint density at radius 2 is 1.74 bits per heavy atom. The normalized spacial score (nSPS) is 22.1. The second kappa shape index (κ2) is 11.0. The second-order valence-electron chi connectivity index (χ2n) is 10.7. The van der Waals surface area contributed by atoms with E-state index in [1.54, 1.807) is 25.8 Å². The van der Waals surface area contributed by atoms with Crippen molar-refractivity contribution in [1.82, 2.24) is 15.2 Å². The number of nitrogens with two attached hydrogens (primary N) is 1. The van der Waals surface area contributed by atoms with E-state index in [9.17, 15) is 14.4 Å². The van der Waals surface area contributed by atoms with Gasteiger partial charge in [-0.2, -0.15) is 5.10 Å². The van der Waals surface area contributed by atoms with Gasteiger partial charge in [0.15, 0.2) is 0 Å². The molecular formula is C29H37N5O4. The van der Waals surface area contributed by atoms with Gasteiger partial charge in [0.25, 0.3) is 5.91 Å². The third kappa shape index (κ3) is 5.49. The lowest BCUT2D eigenvalue weighted by atomic mass is 9.68. The van der Waals surface area contributed by atoms with Crippen LogP contribution in [0.1, 0.15) is 38.3 Å². The third-order valence-corrected chi connectivity index (χ3v) is 7.42. The molecule has 9 nitrogen and oxygen atoms in total. The number of ether oxygens (including phenoxy) is 1. The average Bonchev–Trinajstić information content (AvgIpc) is 3.14. The molecule has 4 rings (SSSR count). The van der Waals surface area contributed by atoms with Crippen LogP contribution < -0.4 is 11.1 Å². The first kappa shape index (κ1) is 27.5. The van der Waals surface area contributed by atoms with Gasteiger partial charge in [-0.1, -0.05) is 60.7 Å². The Kier molecular flexibility index (Phi) is 7.99. The van der Waals surface area contributed by atoms with E-state index in [0.29, 0.717) is 26.0 Å². The SMILES string of the molecule is CC1N(C(=O)[C@@H](COCc2ccccc2)NC(=O)C(C)(C)N)CCC2=NN(C)C(=O)C21Cc1ccccc1. The molecule has 0 bridgehead atoms. The zero-order valence-corrected chi connectivity index (χ0v) is 22.5. The van der Waals surface area contributed by atoms with E-state index in [1.165, 1.54) is 5.01 Å². The molecule has 1 saturated heterocycles. The van der Waals surface area contributed by atoms with Crippen molar-refractivity contribution in [2.75, 3.05) is 20.2 Å². The number of piperidine rings is 1. The lowest BCUT2D eigenvalue weighted by molar-refractivity contribution is -0.147. The molecule has 2 aliphatic heterocycles. The lowest BCUT2D eigenvalue weighted by Gasteiger charge is -2.46. The van der Waals surface area contributed by atoms with Gasteiger partial charge < -0.3 is 20.7 Å². The average molecular weight is 520 g/mol. The Labute approximate surface area is 224 Å². The fraction of sp³-hybridized carbons (Fsp3) is 0.448. The van der Waals surface area contributed by atoms with E-state index in [4.69, 9.17) is 10.5 Å². The van der Waals surface area contributed by atoms with Crippen molar-refractivity contribution in [2.45, 2.75) is 57.8 Å². The Morgan fingerprint density at radius 1 is 1.13 bits per heavy atom. The Morgan fingerprint density at radius 3 is 2.34 bits per heavy atom. The predicted octanol–water partition coefficient (Wildman–Crippen LogP) is 2.10. The van der Waals surface area contributed by atoms with Crippen LogP contribution in [0.4, 0.5) is 0 Å². The molecule has 3 N–H and O–H groups in total. The number of hydrazone groups is 1. The number of carbonyl (C=O) groups excluding carboxylic acids is 3. The molecule has 0 spiro atoms. The minimum absolute atomic E-state index is 0.0285. The minimum atomic E-state index is -1.18. The van der Waals surface area contributed by atoms with E-state index in [2.05, 4.69) is 10.4 Å². The number of hydrogen-bond donors (Lipinski definition) is 2. The number of rotatable bonds is 9. The maximum Gasteiger partial charge on any atom is 0.256 e. The molecule has 202 valence electrons. The summed E-state index contributed by atoms with van der Waals surface area (Å²) in [5.74, 6) is -0.899. The lowest BCUT2D eigenvalue weighted by Crippen LogP contribution is -2.65. The molecule has 3 amide bonds. The van der Waals surface area contributed by atoms with Gasteiger partial charge in [0.05, 0.1) is 24.5 Å². The number of fused-ring (bicyclic) bond motifs is 1. The molecule has 0 aliphatic carbocycles. The van der Waals surface area contributed by atoms with Crippen LogP contribution in [0.3, 0.4) is 0 Å². The van der Waals surface area contributed by atoms with Gasteiger partial charge in [-0.3, -0.25) is 14.4 Å². The summed E-state index contributed by atoms with van der Waals surface area (Å²) in [7, 11) is 1.66. The van der Waals surface area contributed by atoms with Gasteiger partial charge in [-0.05, 0) is 38.3 Å². The Hall–Kier alpha value is -3.56. The molecular weight excluding hydrogens is 482 g/mol. The van der Waals surface area contributed by atoms with E-state index in [-0.39, 0.29) is 18.4 Å². The molecule has 9 heteroatoms. The zero-order valence-electron chi connectivity index (χ0n) is 22.5. The molecule has 2 aromatic carbocycles. The summed E-state index contributed by atoms with van der Waals surface area (Å²) in [4.78, 5) is 42.1. The molecule has 2 aliphatic rings. The first-order valence-corrected chi connectivity index (χ1v) is 13.0. The maximum absolute atomic E-state index is 14.0.